The third-order valence-electron chi connectivity index (χ3n) is 1.93. The standard InChI is InChI=1S/C10H16N/c1-4-10-5-7-11(8-6-10)9(2)3/h5-9H,4H2,1-3H3/q+1. The minimum atomic E-state index is 0.570. The maximum absolute atomic E-state index is 2.21. The molecular formula is C10H16N+. The van der Waals surface area contributed by atoms with E-state index < -0.39 is 0 Å². The number of aryl methyl sites for hydroxylation is 1. The Bertz CT molecular complexity index is 211. The Labute approximate surface area is 68.7 Å². The van der Waals surface area contributed by atoms with E-state index in [2.05, 4.69) is 49.9 Å². The zero-order chi connectivity index (χ0) is 8.27. The zero-order valence-corrected chi connectivity index (χ0v) is 7.54. The monoisotopic (exact) mass is 150 g/mol. The molecule has 60 valence electrons. The van der Waals surface area contributed by atoms with E-state index in [1.54, 1.807) is 0 Å². The quantitative estimate of drug-likeness (QED) is 0.568. The molecule has 0 spiro atoms. The number of aromatic nitrogens is 1. The molecule has 0 saturated heterocycles. The largest absolute Gasteiger partial charge is 0.203 e. The molecule has 0 aromatic carbocycles. The molecule has 0 N–H and O–H groups in total. The first-order valence-corrected chi connectivity index (χ1v) is 4.23. The average molecular weight is 150 g/mol. The fourth-order valence-corrected chi connectivity index (χ4v) is 1.05. The molecule has 1 heterocycles. The number of rotatable bonds is 2. The molecule has 1 aromatic rings. The molecule has 0 aliphatic carbocycles. The van der Waals surface area contributed by atoms with E-state index in [-0.39, 0.29) is 0 Å². The smallest absolute Gasteiger partial charge is 0.169 e. The van der Waals surface area contributed by atoms with Crippen molar-refractivity contribution < 1.29 is 4.57 Å². The summed E-state index contributed by atoms with van der Waals surface area (Å²) in [7, 11) is 0. The highest BCUT2D eigenvalue weighted by atomic mass is 15.0. The second-order valence-corrected chi connectivity index (χ2v) is 3.10. The highest BCUT2D eigenvalue weighted by molar-refractivity contribution is 5.06. The van der Waals surface area contributed by atoms with E-state index in [1.807, 2.05) is 0 Å². The van der Waals surface area contributed by atoms with E-state index in [1.165, 1.54) is 5.56 Å². The molecule has 0 fully saturated rings. The number of hydrogen-bond acceptors (Lipinski definition) is 0. The Morgan fingerprint density at radius 3 is 2.18 bits per heavy atom. The van der Waals surface area contributed by atoms with Crippen LogP contribution in [0.25, 0.3) is 0 Å². The van der Waals surface area contributed by atoms with Gasteiger partial charge in [0.25, 0.3) is 0 Å². The summed E-state index contributed by atoms with van der Waals surface area (Å²) < 4.78 is 2.21. The lowest BCUT2D eigenvalue weighted by molar-refractivity contribution is -0.716. The predicted molar refractivity (Wildman–Crippen MR) is 46.4 cm³/mol. The summed E-state index contributed by atoms with van der Waals surface area (Å²) >= 11 is 0. The van der Waals surface area contributed by atoms with Crippen molar-refractivity contribution in [1.29, 1.82) is 0 Å². The number of pyridine rings is 1. The van der Waals surface area contributed by atoms with Gasteiger partial charge in [-0.25, -0.2) is 4.57 Å². The molecule has 0 amide bonds. The van der Waals surface area contributed by atoms with Crippen LogP contribution in [0.1, 0.15) is 32.4 Å². The van der Waals surface area contributed by atoms with Crippen LogP contribution in [0.3, 0.4) is 0 Å². The Morgan fingerprint density at radius 1 is 1.27 bits per heavy atom. The van der Waals surface area contributed by atoms with Gasteiger partial charge in [-0.3, -0.25) is 0 Å². The Balaban J connectivity index is 2.83. The van der Waals surface area contributed by atoms with Crippen molar-refractivity contribution in [2.45, 2.75) is 33.2 Å². The minimum absolute atomic E-state index is 0.570. The van der Waals surface area contributed by atoms with Gasteiger partial charge >= 0.3 is 0 Å². The van der Waals surface area contributed by atoms with Crippen molar-refractivity contribution in [1.82, 2.24) is 0 Å². The molecule has 11 heavy (non-hydrogen) atoms. The highest BCUT2D eigenvalue weighted by Crippen LogP contribution is 1.97. The molecule has 1 heteroatoms. The third kappa shape index (κ3) is 2.04. The van der Waals surface area contributed by atoms with Gasteiger partial charge in [-0.05, 0) is 25.8 Å². The van der Waals surface area contributed by atoms with Crippen LogP contribution in [-0.4, -0.2) is 0 Å². The van der Waals surface area contributed by atoms with Crippen molar-refractivity contribution in [3.8, 4) is 0 Å². The van der Waals surface area contributed by atoms with E-state index in [0.29, 0.717) is 6.04 Å². The SMILES string of the molecule is CCc1cc[n+](C(C)C)cc1. The van der Waals surface area contributed by atoms with E-state index in [4.69, 9.17) is 0 Å². The van der Waals surface area contributed by atoms with Crippen LogP contribution < -0.4 is 4.57 Å². The number of nitrogens with zero attached hydrogens (tertiary/aromatic N) is 1. The first-order valence-electron chi connectivity index (χ1n) is 4.23. The van der Waals surface area contributed by atoms with Crippen molar-refractivity contribution in [2.24, 2.45) is 0 Å². The summed E-state index contributed by atoms with van der Waals surface area (Å²) in [4.78, 5) is 0. The summed E-state index contributed by atoms with van der Waals surface area (Å²) in [6, 6.07) is 4.93. The van der Waals surface area contributed by atoms with Gasteiger partial charge in [-0.1, -0.05) is 6.92 Å². The fraction of sp³-hybridized carbons (Fsp3) is 0.500. The maximum atomic E-state index is 2.21. The summed E-state index contributed by atoms with van der Waals surface area (Å²) in [5.74, 6) is 0. The molecule has 0 radical (unpaired) electrons. The van der Waals surface area contributed by atoms with Crippen molar-refractivity contribution in [3.63, 3.8) is 0 Å². The first-order chi connectivity index (χ1) is 5.24. The molecule has 0 atom stereocenters. The molecule has 0 bridgehead atoms. The lowest BCUT2D eigenvalue weighted by Crippen LogP contribution is -2.34. The lowest BCUT2D eigenvalue weighted by atomic mass is 10.2. The second kappa shape index (κ2) is 3.51. The molecule has 1 nitrogen and oxygen atoms in total. The van der Waals surface area contributed by atoms with Gasteiger partial charge in [0.2, 0.25) is 0 Å². The Kier molecular flexibility index (Phi) is 2.64. The van der Waals surface area contributed by atoms with Gasteiger partial charge in [0.1, 0.15) is 0 Å². The number of hydrogen-bond donors (Lipinski definition) is 0. The van der Waals surface area contributed by atoms with Crippen LogP contribution in [0, 0.1) is 0 Å². The van der Waals surface area contributed by atoms with Gasteiger partial charge in [0, 0.05) is 12.1 Å². The van der Waals surface area contributed by atoms with Gasteiger partial charge in [-0.2, -0.15) is 0 Å². The predicted octanol–water partition coefficient (Wildman–Crippen LogP) is 2.12. The van der Waals surface area contributed by atoms with Gasteiger partial charge in [0.15, 0.2) is 18.4 Å². The first kappa shape index (κ1) is 8.25. The molecule has 0 aliphatic heterocycles. The normalized spacial score (nSPS) is 10.5. The zero-order valence-electron chi connectivity index (χ0n) is 7.54. The summed E-state index contributed by atoms with van der Waals surface area (Å²) in [5.41, 5.74) is 1.40. The average Bonchev–Trinajstić information content (AvgIpc) is 2.05. The van der Waals surface area contributed by atoms with Crippen molar-refractivity contribution in [2.75, 3.05) is 0 Å². The van der Waals surface area contributed by atoms with Crippen LogP contribution in [-0.2, 0) is 6.42 Å². The molecule has 0 aliphatic rings. The molecule has 1 aromatic heterocycles. The fourth-order valence-electron chi connectivity index (χ4n) is 1.05. The molecule has 0 unspecified atom stereocenters. The second-order valence-electron chi connectivity index (χ2n) is 3.10. The van der Waals surface area contributed by atoms with E-state index in [9.17, 15) is 0 Å². The maximum Gasteiger partial charge on any atom is 0.169 e. The van der Waals surface area contributed by atoms with Crippen LogP contribution >= 0.6 is 0 Å². The lowest BCUT2D eigenvalue weighted by Gasteiger charge is -1.99. The third-order valence-corrected chi connectivity index (χ3v) is 1.93. The van der Waals surface area contributed by atoms with Crippen molar-refractivity contribution >= 4 is 0 Å². The molecular weight excluding hydrogens is 134 g/mol. The topological polar surface area (TPSA) is 3.88 Å². The molecule has 1 rings (SSSR count). The van der Waals surface area contributed by atoms with E-state index >= 15 is 0 Å². The van der Waals surface area contributed by atoms with Gasteiger partial charge in [-0.15, -0.1) is 0 Å². The summed E-state index contributed by atoms with van der Waals surface area (Å²) in [6.45, 7) is 6.55. The van der Waals surface area contributed by atoms with Crippen LogP contribution in [0.4, 0.5) is 0 Å². The van der Waals surface area contributed by atoms with Crippen LogP contribution in [0.2, 0.25) is 0 Å². The summed E-state index contributed by atoms with van der Waals surface area (Å²) in [5, 5.41) is 0. The van der Waals surface area contributed by atoms with Gasteiger partial charge in [0.05, 0.1) is 0 Å². The summed E-state index contributed by atoms with van der Waals surface area (Å²) in [6.07, 6.45) is 5.41. The van der Waals surface area contributed by atoms with Gasteiger partial charge < -0.3 is 0 Å². The van der Waals surface area contributed by atoms with Crippen molar-refractivity contribution in [3.05, 3.63) is 30.1 Å². The Morgan fingerprint density at radius 2 is 1.82 bits per heavy atom. The van der Waals surface area contributed by atoms with Crippen LogP contribution in [0.15, 0.2) is 24.5 Å². The molecule has 0 saturated carbocycles. The highest BCUT2D eigenvalue weighted by Gasteiger charge is 2.03. The minimum Gasteiger partial charge on any atom is -0.203 e. The van der Waals surface area contributed by atoms with Crippen LogP contribution in [0.5, 0.6) is 0 Å². The van der Waals surface area contributed by atoms with E-state index in [0.717, 1.165) is 6.42 Å². The Hall–Kier alpha value is -0.850.